The standard InChI is InChI=1S/C13H23N3O5/c1-2-21-13(20)16-8-5-10(6-9-16)15-12(19)14-7-3-4-11(17)18/h10H,2-9H2,1H3,(H,17,18)(H2,14,15,19). The fourth-order valence-corrected chi connectivity index (χ4v) is 2.10. The Labute approximate surface area is 123 Å². The molecule has 0 spiro atoms. The largest absolute Gasteiger partial charge is 0.481 e. The van der Waals surface area contributed by atoms with Crippen LogP contribution in [0.5, 0.6) is 0 Å². The molecule has 1 heterocycles. The first-order chi connectivity index (χ1) is 10.0. The van der Waals surface area contributed by atoms with Gasteiger partial charge in [-0.15, -0.1) is 0 Å². The molecule has 0 bridgehead atoms. The molecule has 21 heavy (non-hydrogen) atoms. The maximum absolute atomic E-state index is 11.6. The Kier molecular flexibility index (Phi) is 7.34. The van der Waals surface area contributed by atoms with Crippen molar-refractivity contribution in [3.05, 3.63) is 0 Å². The first kappa shape index (κ1) is 17.1. The molecule has 1 saturated heterocycles. The van der Waals surface area contributed by atoms with E-state index in [1.807, 2.05) is 0 Å². The minimum Gasteiger partial charge on any atom is -0.481 e. The average Bonchev–Trinajstić information content (AvgIpc) is 2.44. The van der Waals surface area contributed by atoms with Crippen LogP contribution in [0.4, 0.5) is 9.59 Å². The summed E-state index contributed by atoms with van der Waals surface area (Å²) in [5.74, 6) is -0.872. The lowest BCUT2D eigenvalue weighted by atomic mass is 10.1. The topological polar surface area (TPSA) is 108 Å². The summed E-state index contributed by atoms with van der Waals surface area (Å²) >= 11 is 0. The number of urea groups is 1. The van der Waals surface area contributed by atoms with E-state index in [2.05, 4.69) is 10.6 Å². The monoisotopic (exact) mass is 301 g/mol. The number of hydrogen-bond acceptors (Lipinski definition) is 4. The Hall–Kier alpha value is -1.99. The van der Waals surface area contributed by atoms with Crippen LogP contribution in [-0.2, 0) is 9.53 Å². The molecule has 0 unspecified atom stereocenters. The summed E-state index contributed by atoms with van der Waals surface area (Å²) in [5, 5.41) is 13.9. The normalized spacial score (nSPS) is 15.4. The number of carbonyl (C=O) groups excluding carboxylic acids is 2. The van der Waals surface area contributed by atoms with Gasteiger partial charge in [-0.25, -0.2) is 9.59 Å². The summed E-state index contributed by atoms with van der Waals surface area (Å²) in [6, 6.07) is -0.273. The third-order valence-corrected chi connectivity index (χ3v) is 3.21. The van der Waals surface area contributed by atoms with Crippen LogP contribution >= 0.6 is 0 Å². The number of carboxylic acid groups (broad SMARTS) is 1. The maximum Gasteiger partial charge on any atom is 0.409 e. The summed E-state index contributed by atoms with van der Waals surface area (Å²) < 4.78 is 4.92. The predicted octanol–water partition coefficient (Wildman–Crippen LogP) is 0.771. The van der Waals surface area contributed by atoms with Gasteiger partial charge < -0.3 is 25.4 Å². The molecular weight excluding hydrogens is 278 g/mol. The third-order valence-electron chi connectivity index (χ3n) is 3.21. The lowest BCUT2D eigenvalue weighted by molar-refractivity contribution is -0.137. The Balaban J connectivity index is 2.15. The molecule has 0 saturated carbocycles. The van der Waals surface area contributed by atoms with Crippen molar-refractivity contribution in [1.29, 1.82) is 0 Å². The van der Waals surface area contributed by atoms with Crippen LogP contribution in [0.2, 0.25) is 0 Å². The highest BCUT2D eigenvalue weighted by Crippen LogP contribution is 2.11. The number of hydrogen-bond donors (Lipinski definition) is 3. The van der Waals surface area contributed by atoms with E-state index in [1.165, 1.54) is 0 Å². The average molecular weight is 301 g/mol. The van der Waals surface area contributed by atoms with E-state index >= 15 is 0 Å². The number of rotatable bonds is 6. The van der Waals surface area contributed by atoms with Crippen molar-refractivity contribution in [2.24, 2.45) is 0 Å². The van der Waals surface area contributed by atoms with Gasteiger partial charge in [0, 0.05) is 32.1 Å². The molecule has 3 N–H and O–H groups in total. The van der Waals surface area contributed by atoms with Gasteiger partial charge >= 0.3 is 18.1 Å². The predicted molar refractivity (Wildman–Crippen MR) is 75.0 cm³/mol. The van der Waals surface area contributed by atoms with Crippen LogP contribution in [0, 0.1) is 0 Å². The zero-order chi connectivity index (χ0) is 15.7. The molecule has 3 amide bonds. The lowest BCUT2D eigenvalue weighted by Gasteiger charge is -2.31. The fraction of sp³-hybridized carbons (Fsp3) is 0.769. The van der Waals surface area contributed by atoms with Crippen molar-refractivity contribution in [3.8, 4) is 0 Å². The van der Waals surface area contributed by atoms with E-state index in [0.29, 0.717) is 45.5 Å². The van der Waals surface area contributed by atoms with Crippen molar-refractivity contribution in [1.82, 2.24) is 15.5 Å². The molecule has 1 aliphatic heterocycles. The number of carbonyl (C=O) groups is 3. The smallest absolute Gasteiger partial charge is 0.409 e. The highest BCUT2D eigenvalue weighted by molar-refractivity contribution is 5.74. The van der Waals surface area contributed by atoms with Crippen LogP contribution < -0.4 is 10.6 Å². The van der Waals surface area contributed by atoms with Gasteiger partial charge in [-0.3, -0.25) is 4.79 Å². The molecule has 0 aromatic heterocycles. The van der Waals surface area contributed by atoms with Gasteiger partial charge in [0.1, 0.15) is 0 Å². The second kappa shape index (κ2) is 9.04. The van der Waals surface area contributed by atoms with E-state index in [-0.39, 0.29) is 24.6 Å². The summed E-state index contributed by atoms with van der Waals surface area (Å²) in [5.41, 5.74) is 0. The lowest BCUT2D eigenvalue weighted by Crippen LogP contribution is -2.49. The number of amides is 3. The second-order valence-electron chi connectivity index (χ2n) is 4.86. The minimum absolute atomic E-state index is 0.0233. The Morgan fingerprint density at radius 2 is 1.95 bits per heavy atom. The number of aliphatic carboxylic acids is 1. The highest BCUT2D eigenvalue weighted by atomic mass is 16.6. The van der Waals surface area contributed by atoms with Crippen molar-refractivity contribution in [2.75, 3.05) is 26.2 Å². The summed E-state index contributed by atoms with van der Waals surface area (Å²) in [7, 11) is 0. The second-order valence-corrected chi connectivity index (χ2v) is 4.86. The molecule has 0 atom stereocenters. The van der Waals surface area contributed by atoms with Crippen LogP contribution in [0.25, 0.3) is 0 Å². The van der Waals surface area contributed by atoms with Crippen molar-refractivity contribution < 1.29 is 24.2 Å². The molecule has 1 rings (SSSR count). The van der Waals surface area contributed by atoms with Gasteiger partial charge in [0.2, 0.25) is 0 Å². The number of nitrogens with one attached hydrogen (secondary N) is 2. The van der Waals surface area contributed by atoms with Crippen molar-refractivity contribution >= 4 is 18.1 Å². The van der Waals surface area contributed by atoms with Crippen LogP contribution in [-0.4, -0.2) is 60.4 Å². The van der Waals surface area contributed by atoms with E-state index in [4.69, 9.17) is 9.84 Å². The molecule has 1 aliphatic rings. The van der Waals surface area contributed by atoms with Crippen LogP contribution in [0.3, 0.4) is 0 Å². The highest BCUT2D eigenvalue weighted by Gasteiger charge is 2.24. The summed E-state index contributed by atoms with van der Waals surface area (Å²) in [4.78, 5) is 35.1. The van der Waals surface area contributed by atoms with E-state index < -0.39 is 5.97 Å². The van der Waals surface area contributed by atoms with Crippen molar-refractivity contribution in [2.45, 2.75) is 38.6 Å². The van der Waals surface area contributed by atoms with Crippen molar-refractivity contribution in [3.63, 3.8) is 0 Å². The number of likely N-dealkylation sites (tertiary alicyclic amines) is 1. The third kappa shape index (κ3) is 6.82. The fourth-order valence-electron chi connectivity index (χ4n) is 2.10. The molecule has 0 radical (unpaired) electrons. The molecule has 0 aromatic rings. The molecular formula is C13H23N3O5. The first-order valence-corrected chi connectivity index (χ1v) is 7.20. The quantitative estimate of drug-likeness (QED) is 0.628. The van der Waals surface area contributed by atoms with Gasteiger partial charge in [-0.1, -0.05) is 0 Å². The van der Waals surface area contributed by atoms with Gasteiger partial charge in [0.15, 0.2) is 0 Å². The number of nitrogens with zero attached hydrogens (tertiary/aromatic N) is 1. The Morgan fingerprint density at radius 1 is 1.29 bits per heavy atom. The molecule has 1 fully saturated rings. The van der Waals surface area contributed by atoms with E-state index in [9.17, 15) is 14.4 Å². The molecule has 120 valence electrons. The molecule has 0 aliphatic carbocycles. The SMILES string of the molecule is CCOC(=O)N1CCC(NC(=O)NCCCC(=O)O)CC1. The van der Waals surface area contributed by atoms with Crippen LogP contribution in [0.15, 0.2) is 0 Å². The first-order valence-electron chi connectivity index (χ1n) is 7.20. The van der Waals surface area contributed by atoms with E-state index in [1.54, 1.807) is 11.8 Å². The molecule has 0 aromatic carbocycles. The summed E-state index contributed by atoms with van der Waals surface area (Å²) in [6.45, 7) is 3.57. The maximum atomic E-state index is 11.6. The number of piperidine rings is 1. The zero-order valence-corrected chi connectivity index (χ0v) is 12.3. The van der Waals surface area contributed by atoms with Gasteiger partial charge in [-0.05, 0) is 26.2 Å². The Bertz CT molecular complexity index is 367. The van der Waals surface area contributed by atoms with Gasteiger partial charge in [-0.2, -0.15) is 0 Å². The molecule has 8 nitrogen and oxygen atoms in total. The van der Waals surface area contributed by atoms with E-state index in [0.717, 1.165) is 0 Å². The van der Waals surface area contributed by atoms with Gasteiger partial charge in [0.05, 0.1) is 6.61 Å². The molecule has 8 heteroatoms. The number of ether oxygens (including phenoxy) is 1. The summed E-state index contributed by atoms with van der Waals surface area (Å²) in [6.07, 6.45) is 1.50. The zero-order valence-electron chi connectivity index (χ0n) is 12.3. The van der Waals surface area contributed by atoms with Gasteiger partial charge in [0.25, 0.3) is 0 Å². The Morgan fingerprint density at radius 3 is 2.52 bits per heavy atom. The number of carboxylic acids is 1. The van der Waals surface area contributed by atoms with Crippen LogP contribution in [0.1, 0.15) is 32.6 Å². The minimum atomic E-state index is -0.872.